The van der Waals surface area contributed by atoms with E-state index in [1.54, 1.807) is 13.2 Å². The van der Waals surface area contributed by atoms with Gasteiger partial charge in [-0.3, -0.25) is 4.79 Å². The smallest absolute Gasteiger partial charge is 0.230 e. The number of hydrogen-bond donors (Lipinski definition) is 3. The summed E-state index contributed by atoms with van der Waals surface area (Å²) in [4.78, 5) is 19.7. The number of nitrogens with two attached hydrogens (primary N) is 2. The maximum Gasteiger partial charge on any atom is 0.230 e. The zero-order chi connectivity index (χ0) is 21.1. The quantitative estimate of drug-likeness (QED) is 0.549. The van der Waals surface area contributed by atoms with Crippen LogP contribution in [0.5, 0.6) is 0 Å². The lowest BCUT2D eigenvalue weighted by Crippen LogP contribution is -2.55. The van der Waals surface area contributed by atoms with Crippen molar-refractivity contribution < 1.29 is 14.4 Å². The second-order valence-corrected chi connectivity index (χ2v) is 8.33. The molecule has 0 spiro atoms. The fourth-order valence-electron chi connectivity index (χ4n) is 4.74. The summed E-state index contributed by atoms with van der Waals surface area (Å²) < 4.78 is 5.48. The van der Waals surface area contributed by atoms with Gasteiger partial charge < -0.3 is 25.5 Å². The summed E-state index contributed by atoms with van der Waals surface area (Å²) in [6, 6.07) is 0. The van der Waals surface area contributed by atoms with Crippen molar-refractivity contribution in [1.29, 1.82) is 0 Å². The second-order valence-electron chi connectivity index (χ2n) is 8.33. The lowest BCUT2D eigenvalue weighted by molar-refractivity contribution is -0.130. The topological polar surface area (TPSA) is 103 Å². The van der Waals surface area contributed by atoms with Crippen LogP contribution in [0, 0.1) is 11.8 Å². The van der Waals surface area contributed by atoms with Gasteiger partial charge in [-0.15, -0.1) is 0 Å². The van der Waals surface area contributed by atoms with Crippen molar-refractivity contribution in [2.45, 2.75) is 18.4 Å². The molecule has 0 radical (unpaired) electrons. The highest BCUT2D eigenvalue weighted by Crippen LogP contribution is 2.35. The molecular formula is C23H30N4O3. The van der Waals surface area contributed by atoms with Crippen LogP contribution >= 0.6 is 0 Å². The minimum Gasteiger partial charge on any atom is -0.412 e. The van der Waals surface area contributed by atoms with Crippen LogP contribution in [-0.2, 0) is 14.4 Å². The van der Waals surface area contributed by atoms with Crippen molar-refractivity contribution in [3.63, 3.8) is 0 Å². The predicted molar refractivity (Wildman–Crippen MR) is 115 cm³/mol. The molecule has 0 aromatic rings. The first kappa shape index (κ1) is 20.7. The Bertz CT molecular complexity index is 883. The standard InChI is InChI=1S/C23H30N4O3/c1-29-15-23(24,19-4-2-16(3-5-19)17-8-10-26-11-9-17)14-27-13-18-12-20(30-25)6-7-21(18)22(27)28/h2,4,6-10,12,18,21,26H,3,5,11,13-15,24-25H2,1H3. The third-order valence-corrected chi connectivity index (χ3v) is 6.33. The molecule has 7 heteroatoms. The Balaban J connectivity index is 1.51. The van der Waals surface area contributed by atoms with Crippen LogP contribution in [0.15, 0.2) is 71.2 Å². The van der Waals surface area contributed by atoms with Crippen LogP contribution < -0.4 is 16.9 Å². The second kappa shape index (κ2) is 8.63. The first-order valence-corrected chi connectivity index (χ1v) is 10.4. The van der Waals surface area contributed by atoms with Gasteiger partial charge in [0.2, 0.25) is 5.91 Å². The molecule has 0 aromatic carbocycles. The van der Waals surface area contributed by atoms with Crippen molar-refractivity contribution in [3.05, 3.63) is 71.2 Å². The number of hydrogen-bond acceptors (Lipinski definition) is 6. The summed E-state index contributed by atoms with van der Waals surface area (Å²) in [5, 5.41) is 3.18. The molecule has 4 rings (SSSR count). The maximum absolute atomic E-state index is 13.0. The third kappa shape index (κ3) is 4.01. The minimum atomic E-state index is -0.723. The maximum atomic E-state index is 13.0. The summed E-state index contributed by atoms with van der Waals surface area (Å²) in [6.07, 6.45) is 17.9. The molecule has 0 bridgehead atoms. The average molecular weight is 411 g/mol. The van der Waals surface area contributed by atoms with Gasteiger partial charge in [-0.05, 0) is 54.0 Å². The molecule has 1 saturated heterocycles. The molecule has 2 heterocycles. The SMILES string of the molecule is COCC(N)(CN1CC2C=C(ON)C=CC2C1=O)C1=CC=C(C2=CCNC=C2)CC1. The molecule has 7 nitrogen and oxygen atoms in total. The van der Waals surface area contributed by atoms with E-state index in [1.807, 2.05) is 23.3 Å². The van der Waals surface area contributed by atoms with Gasteiger partial charge in [0.05, 0.1) is 18.1 Å². The molecule has 1 fully saturated rings. The normalized spacial score (nSPS) is 27.4. The predicted octanol–water partition coefficient (Wildman–Crippen LogP) is 1.44. The number of rotatable bonds is 7. The Labute approximate surface area is 177 Å². The van der Waals surface area contributed by atoms with Crippen LogP contribution in [0.1, 0.15) is 12.8 Å². The molecule has 160 valence electrons. The molecule has 1 amide bonds. The van der Waals surface area contributed by atoms with E-state index >= 15 is 0 Å². The molecular weight excluding hydrogens is 380 g/mol. The summed E-state index contributed by atoms with van der Waals surface area (Å²) in [5.74, 6) is 5.84. The van der Waals surface area contributed by atoms with E-state index in [1.165, 1.54) is 11.1 Å². The lowest BCUT2D eigenvalue weighted by atomic mass is 9.82. The Hall–Kier alpha value is -2.61. The number of amides is 1. The number of nitrogens with zero attached hydrogens (tertiary/aromatic N) is 1. The molecule has 2 aliphatic heterocycles. The van der Waals surface area contributed by atoms with Crippen molar-refractivity contribution in [1.82, 2.24) is 10.2 Å². The number of fused-ring (bicyclic) bond motifs is 1. The van der Waals surface area contributed by atoms with Gasteiger partial charge in [0.1, 0.15) is 5.76 Å². The van der Waals surface area contributed by atoms with Gasteiger partial charge in [0, 0.05) is 32.7 Å². The number of carbonyl (C=O) groups excluding carboxylic acids is 1. The number of likely N-dealkylation sites (tertiary alicyclic amines) is 1. The van der Waals surface area contributed by atoms with E-state index in [2.05, 4.69) is 29.6 Å². The molecule has 4 aliphatic rings. The zero-order valence-corrected chi connectivity index (χ0v) is 17.3. The highest BCUT2D eigenvalue weighted by atomic mass is 16.6. The average Bonchev–Trinajstić information content (AvgIpc) is 3.08. The van der Waals surface area contributed by atoms with Gasteiger partial charge in [-0.2, -0.15) is 5.90 Å². The van der Waals surface area contributed by atoms with E-state index < -0.39 is 5.54 Å². The lowest BCUT2D eigenvalue weighted by Gasteiger charge is -2.37. The Morgan fingerprint density at radius 3 is 2.83 bits per heavy atom. The molecule has 0 aromatic heterocycles. The van der Waals surface area contributed by atoms with Gasteiger partial charge >= 0.3 is 0 Å². The highest BCUT2D eigenvalue weighted by molar-refractivity contribution is 5.84. The van der Waals surface area contributed by atoms with Crippen LogP contribution in [0.4, 0.5) is 0 Å². The van der Waals surface area contributed by atoms with Crippen molar-refractivity contribution in [3.8, 4) is 0 Å². The number of allylic oxidation sites excluding steroid dienone is 6. The van der Waals surface area contributed by atoms with Crippen LogP contribution in [-0.4, -0.2) is 49.7 Å². The van der Waals surface area contributed by atoms with Crippen molar-refractivity contribution in [2.75, 3.05) is 33.4 Å². The first-order chi connectivity index (χ1) is 14.5. The number of ether oxygens (including phenoxy) is 1. The fourth-order valence-corrected chi connectivity index (χ4v) is 4.74. The Morgan fingerprint density at radius 1 is 1.30 bits per heavy atom. The Kier molecular flexibility index (Phi) is 5.94. The van der Waals surface area contributed by atoms with E-state index in [0.717, 1.165) is 25.0 Å². The third-order valence-electron chi connectivity index (χ3n) is 6.33. The minimum absolute atomic E-state index is 0.0540. The summed E-state index contributed by atoms with van der Waals surface area (Å²) >= 11 is 0. The van der Waals surface area contributed by atoms with Gasteiger partial charge in [0.25, 0.3) is 0 Å². The number of dihydropyridines is 1. The van der Waals surface area contributed by atoms with E-state index in [-0.39, 0.29) is 17.7 Å². The van der Waals surface area contributed by atoms with E-state index in [4.69, 9.17) is 21.2 Å². The number of carbonyl (C=O) groups is 1. The zero-order valence-electron chi connectivity index (χ0n) is 17.3. The summed E-state index contributed by atoms with van der Waals surface area (Å²) in [7, 11) is 1.65. The fraction of sp³-hybridized carbons (Fsp3) is 0.435. The molecule has 2 aliphatic carbocycles. The van der Waals surface area contributed by atoms with Gasteiger partial charge in [-0.25, -0.2) is 0 Å². The molecule has 3 atom stereocenters. The number of methoxy groups -OCH3 is 1. The monoisotopic (exact) mass is 410 g/mol. The number of nitrogens with one attached hydrogen (secondary N) is 1. The van der Waals surface area contributed by atoms with Crippen LogP contribution in [0.2, 0.25) is 0 Å². The van der Waals surface area contributed by atoms with E-state index in [0.29, 0.717) is 25.5 Å². The highest BCUT2D eigenvalue weighted by Gasteiger charge is 2.43. The van der Waals surface area contributed by atoms with Gasteiger partial charge in [0.15, 0.2) is 0 Å². The molecule has 0 saturated carbocycles. The summed E-state index contributed by atoms with van der Waals surface area (Å²) in [6.45, 7) is 2.23. The molecule has 3 unspecified atom stereocenters. The van der Waals surface area contributed by atoms with Gasteiger partial charge in [-0.1, -0.05) is 24.3 Å². The van der Waals surface area contributed by atoms with Crippen LogP contribution in [0.25, 0.3) is 0 Å². The molecule has 30 heavy (non-hydrogen) atoms. The largest absolute Gasteiger partial charge is 0.412 e. The van der Waals surface area contributed by atoms with Crippen molar-refractivity contribution >= 4 is 5.91 Å². The summed E-state index contributed by atoms with van der Waals surface area (Å²) in [5.41, 5.74) is 9.82. The Morgan fingerprint density at radius 2 is 2.17 bits per heavy atom. The van der Waals surface area contributed by atoms with E-state index in [9.17, 15) is 4.79 Å². The molecule has 5 N–H and O–H groups in total. The van der Waals surface area contributed by atoms with Crippen molar-refractivity contribution in [2.24, 2.45) is 23.5 Å². The first-order valence-electron chi connectivity index (χ1n) is 10.4. The van der Waals surface area contributed by atoms with Crippen LogP contribution in [0.3, 0.4) is 0 Å².